The molecule has 0 radical (unpaired) electrons. The van der Waals surface area contributed by atoms with Crippen molar-refractivity contribution in [2.45, 2.75) is 0 Å². The Balaban J connectivity index is 2.75. The summed E-state index contributed by atoms with van der Waals surface area (Å²) < 4.78 is 0. The topological polar surface area (TPSA) is 3.24 Å². The van der Waals surface area contributed by atoms with Crippen LogP contribution in [-0.2, 0) is 0 Å². The molecule has 0 saturated heterocycles. The minimum absolute atomic E-state index is 0.587. The van der Waals surface area contributed by atoms with Gasteiger partial charge in [-0.3, -0.25) is 0 Å². The molecular formula is C10H12Cl3N. The fraction of sp³-hybridized carbons (Fsp3) is 0.400. The summed E-state index contributed by atoms with van der Waals surface area (Å²) in [6, 6.07) is 7.70. The summed E-state index contributed by atoms with van der Waals surface area (Å²) in [5.74, 6) is 1.17. The lowest BCUT2D eigenvalue weighted by Crippen LogP contribution is -2.27. The summed E-state index contributed by atoms with van der Waals surface area (Å²) in [7, 11) is 0. The van der Waals surface area contributed by atoms with Crippen molar-refractivity contribution < 1.29 is 0 Å². The van der Waals surface area contributed by atoms with Crippen LogP contribution in [0.15, 0.2) is 24.3 Å². The smallest absolute Gasteiger partial charge is 0.0426 e. The van der Waals surface area contributed by atoms with E-state index in [0.717, 1.165) is 23.8 Å². The number of anilines is 1. The van der Waals surface area contributed by atoms with E-state index in [2.05, 4.69) is 4.90 Å². The highest BCUT2D eigenvalue weighted by Crippen LogP contribution is 2.19. The second-order valence-electron chi connectivity index (χ2n) is 2.84. The molecule has 0 N–H and O–H groups in total. The van der Waals surface area contributed by atoms with E-state index in [4.69, 9.17) is 34.8 Å². The molecule has 14 heavy (non-hydrogen) atoms. The van der Waals surface area contributed by atoms with Gasteiger partial charge in [-0.25, -0.2) is 0 Å². The third-order valence-corrected chi connectivity index (χ3v) is 2.46. The highest BCUT2D eigenvalue weighted by molar-refractivity contribution is 6.30. The van der Waals surface area contributed by atoms with Crippen LogP contribution < -0.4 is 4.90 Å². The molecule has 0 fully saturated rings. The largest absolute Gasteiger partial charge is 0.369 e. The standard InChI is InChI=1S/C10H12Cl3N/c11-4-6-14(7-5-12)10-3-1-2-9(13)8-10/h1-3,8H,4-7H2. The zero-order valence-corrected chi connectivity index (χ0v) is 9.99. The maximum atomic E-state index is 5.90. The Kier molecular flexibility index (Phi) is 5.46. The van der Waals surface area contributed by atoms with Gasteiger partial charge in [-0.15, -0.1) is 23.2 Å². The van der Waals surface area contributed by atoms with Crippen LogP contribution in [0.5, 0.6) is 0 Å². The van der Waals surface area contributed by atoms with Crippen LogP contribution in [-0.4, -0.2) is 24.8 Å². The van der Waals surface area contributed by atoms with Crippen molar-refractivity contribution >= 4 is 40.5 Å². The summed E-state index contributed by atoms with van der Waals surface area (Å²) in [5, 5.41) is 0.733. The molecule has 0 unspecified atom stereocenters. The van der Waals surface area contributed by atoms with Crippen molar-refractivity contribution in [3.05, 3.63) is 29.3 Å². The number of halogens is 3. The fourth-order valence-electron chi connectivity index (χ4n) is 1.25. The van der Waals surface area contributed by atoms with E-state index in [-0.39, 0.29) is 0 Å². The van der Waals surface area contributed by atoms with Crippen molar-refractivity contribution in [2.24, 2.45) is 0 Å². The Bertz CT molecular complexity index is 272. The van der Waals surface area contributed by atoms with E-state index >= 15 is 0 Å². The summed E-state index contributed by atoms with van der Waals surface area (Å²) in [6.07, 6.45) is 0. The molecule has 1 rings (SSSR count). The average molecular weight is 253 g/mol. The quantitative estimate of drug-likeness (QED) is 0.724. The van der Waals surface area contributed by atoms with Crippen molar-refractivity contribution in [2.75, 3.05) is 29.7 Å². The molecule has 0 amide bonds. The van der Waals surface area contributed by atoms with Gasteiger partial charge in [0.25, 0.3) is 0 Å². The maximum Gasteiger partial charge on any atom is 0.0426 e. The monoisotopic (exact) mass is 251 g/mol. The SMILES string of the molecule is ClCCN(CCCl)c1cccc(Cl)c1. The van der Waals surface area contributed by atoms with E-state index in [9.17, 15) is 0 Å². The molecule has 0 bridgehead atoms. The van der Waals surface area contributed by atoms with Crippen molar-refractivity contribution in [3.8, 4) is 0 Å². The zero-order valence-electron chi connectivity index (χ0n) is 7.72. The minimum atomic E-state index is 0.587. The molecule has 0 aromatic heterocycles. The van der Waals surface area contributed by atoms with Crippen molar-refractivity contribution in [3.63, 3.8) is 0 Å². The first-order chi connectivity index (χ1) is 6.77. The van der Waals surface area contributed by atoms with Crippen LogP contribution in [0.4, 0.5) is 5.69 Å². The first-order valence-corrected chi connectivity index (χ1v) is 5.85. The Morgan fingerprint density at radius 1 is 1.07 bits per heavy atom. The average Bonchev–Trinajstić information content (AvgIpc) is 2.17. The summed E-state index contributed by atoms with van der Waals surface area (Å²) in [4.78, 5) is 2.12. The predicted molar refractivity (Wildman–Crippen MR) is 65.1 cm³/mol. The molecule has 0 heterocycles. The molecular weight excluding hydrogens is 240 g/mol. The molecule has 0 saturated carbocycles. The normalized spacial score (nSPS) is 10.2. The zero-order chi connectivity index (χ0) is 10.4. The second-order valence-corrected chi connectivity index (χ2v) is 4.04. The maximum absolute atomic E-state index is 5.90. The van der Waals surface area contributed by atoms with E-state index in [1.807, 2.05) is 24.3 Å². The predicted octanol–water partition coefficient (Wildman–Crippen LogP) is 3.62. The highest BCUT2D eigenvalue weighted by Gasteiger charge is 2.04. The molecule has 1 aromatic rings. The van der Waals surface area contributed by atoms with Gasteiger partial charge >= 0.3 is 0 Å². The Morgan fingerprint density at radius 3 is 2.21 bits per heavy atom. The Morgan fingerprint density at radius 2 is 1.71 bits per heavy atom. The summed E-state index contributed by atoms with van der Waals surface area (Å²) in [6.45, 7) is 1.57. The number of rotatable bonds is 5. The summed E-state index contributed by atoms with van der Waals surface area (Å²) >= 11 is 17.3. The minimum Gasteiger partial charge on any atom is -0.369 e. The molecule has 0 atom stereocenters. The van der Waals surface area contributed by atoms with Crippen molar-refractivity contribution in [1.82, 2.24) is 0 Å². The number of hydrogen-bond donors (Lipinski definition) is 0. The van der Waals surface area contributed by atoms with Crippen LogP contribution in [0.3, 0.4) is 0 Å². The molecule has 0 aliphatic carbocycles. The molecule has 0 spiro atoms. The first kappa shape index (κ1) is 12.0. The molecule has 1 nitrogen and oxygen atoms in total. The molecule has 1 aromatic carbocycles. The van der Waals surface area contributed by atoms with Gasteiger partial charge in [-0.05, 0) is 18.2 Å². The lowest BCUT2D eigenvalue weighted by Gasteiger charge is -2.22. The van der Waals surface area contributed by atoms with E-state index < -0.39 is 0 Å². The van der Waals surface area contributed by atoms with Gasteiger partial charge in [0.2, 0.25) is 0 Å². The third-order valence-electron chi connectivity index (χ3n) is 1.88. The van der Waals surface area contributed by atoms with Gasteiger partial charge in [-0.1, -0.05) is 17.7 Å². The summed E-state index contributed by atoms with van der Waals surface area (Å²) in [5.41, 5.74) is 1.07. The van der Waals surface area contributed by atoms with Gasteiger partial charge in [-0.2, -0.15) is 0 Å². The van der Waals surface area contributed by atoms with Gasteiger partial charge in [0, 0.05) is 35.6 Å². The number of hydrogen-bond acceptors (Lipinski definition) is 1. The van der Waals surface area contributed by atoms with Crippen LogP contribution in [0.2, 0.25) is 5.02 Å². The van der Waals surface area contributed by atoms with E-state index in [1.165, 1.54) is 0 Å². The Hall–Kier alpha value is -0.110. The lowest BCUT2D eigenvalue weighted by molar-refractivity contribution is 0.874. The van der Waals surface area contributed by atoms with Crippen LogP contribution in [0.1, 0.15) is 0 Å². The van der Waals surface area contributed by atoms with Crippen LogP contribution in [0, 0.1) is 0 Å². The molecule has 0 aliphatic heterocycles. The van der Waals surface area contributed by atoms with E-state index in [1.54, 1.807) is 0 Å². The molecule has 78 valence electrons. The number of nitrogens with zero attached hydrogens (tertiary/aromatic N) is 1. The van der Waals surface area contributed by atoms with E-state index in [0.29, 0.717) is 11.8 Å². The second kappa shape index (κ2) is 6.39. The van der Waals surface area contributed by atoms with Gasteiger partial charge in [0.05, 0.1) is 0 Å². The fourth-order valence-corrected chi connectivity index (χ4v) is 1.84. The lowest BCUT2D eigenvalue weighted by atomic mass is 10.3. The molecule has 4 heteroatoms. The van der Waals surface area contributed by atoms with Crippen LogP contribution in [0.25, 0.3) is 0 Å². The Labute approximate surface area is 99.6 Å². The van der Waals surface area contributed by atoms with Gasteiger partial charge < -0.3 is 4.90 Å². The van der Waals surface area contributed by atoms with Crippen LogP contribution >= 0.6 is 34.8 Å². The van der Waals surface area contributed by atoms with Gasteiger partial charge in [0.15, 0.2) is 0 Å². The van der Waals surface area contributed by atoms with Gasteiger partial charge in [0.1, 0.15) is 0 Å². The number of benzene rings is 1. The highest BCUT2D eigenvalue weighted by atomic mass is 35.5. The third kappa shape index (κ3) is 3.56. The first-order valence-electron chi connectivity index (χ1n) is 4.40. The molecule has 0 aliphatic rings. The number of alkyl halides is 2. The van der Waals surface area contributed by atoms with Crippen molar-refractivity contribution in [1.29, 1.82) is 0 Å².